The highest BCUT2D eigenvalue weighted by molar-refractivity contribution is 5.94. The molecule has 4 rings (SSSR count). The topological polar surface area (TPSA) is 136 Å². The number of fused-ring (bicyclic) bond motifs is 1. The highest BCUT2D eigenvalue weighted by atomic mass is 19.4. The summed E-state index contributed by atoms with van der Waals surface area (Å²) in [5.74, 6) is -5.48. The van der Waals surface area contributed by atoms with Gasteiger partial charge >= 0.3 is 24.3 Å². The monoisotopic (exact) mass is 559 g/mol. The molecular formula is C21H27F6N5O6. The molecule has 3 aliphatic heterocycles. The molecule has 4 heterocycles. The van der Waals surface area contributed by atoms with E-state index in [1.165, 1.54) is 32.1 Å². The van der Waals surface area contributed by atoms with Gasteiger partial charge in [-0.1, -0.05) is 0 Å². The SMILES string of the molecule is O=C(O)C(F)(F)F.O=C(O)C(F)(F)F.O=C(c1ccnnc1)N1C[C@@H]2OCCN(CCN3CCCC3)[C@@H]2C1. The number of alkyl halides is 6. The number of amides is 1. The summed E-state index contributed by atoms with van der Waals surface area (Å²) in [6.07, 6.45) is -4.27. The summed E-state index contributed by atoms with van der Waals surface area (Å²) >= 11 is 0. The van der Waals surface area contributed by atoms with E-state index in [-0.39, 0.29) is 12.0 Å². The third-order valence-corrected chi connectivity index (χ3v) is 5.92. The number of carbonyl (C=O) groups excluding carboxylic acids is 1. The largest absolute Gasteiger partial charge is 0.490 e. The maximum absolute atomic E-state index is 12.6. The molecule has 0 aliphatic carbocycles. The van der Waals surface area contributed by atoms with Crippen molar-refractivity contribution in [1.82, 2.24) is 24.9 Å². The third-order valence-electron chi connectivity index (χ3n) is 5.92. The Kier molecular flexibility index (Phi) is 11.2. The van der Waals surface area contributed by atoms with Crippen molar-refractivity contribution in [2.24, 2.45) is 0 Å². The summed E-state index contributed by atoms with van der Waals surface area (Å²) in [6.45, 7) is 7.82. The fourth-order valence-electron chi connectivity index (χ4n) is 4.08. The molecule has 0 radical (unpaired) electrons. The molecule has 0 bridgehead atoms. The van der Waals surface area contributed by atoms with E-state index in [0.29, 0.717) is 18.2 Å². The fourth-order valence-corrected chi connectivity index (χ4v) is 4.08. The van der Waals surface area contributed by atoms with Crippen LogP contribution in [0.4, 0.5) is 26.3 Å². The lowest BCUT2D eigenvalue weighted by Crippen LogP contribution is -2.52. The van der Waals surface area contributed by atoms with Gasteiger partial charge in [0.15, 0.2) is 0 Å². The lowest BCUT2D eigenvalue weighted by Gasteiger charge is -2.37. The zero-order valence-electron chi connectivity index (χ0n) is 20.0. The van der Waals surface area contributed by atoms with Gasteiger partial charge in [0, 0.05) is 32.7 Å². The first-order valence-corrected chi connectivity index (χ1v) is 11.4. The molecule has 2 N–H and O–H groups in total. The number of ether oxygens (including phenoxy) is 1. The smallest absolute Gasteiger partial charge is 0.475 e. The minimum absolute atomic E-state index is 0.0300. The van der Waals surface area contributed by atoms with Crippen LogP contribution in [0.3, 0.4) is 0 Å². The molecule has 3 fully saturated rings. The van der Waals surface area contributed by atoms with Crippen molar-refractivity contribution >= 4 is 17.8 Å². The third kappa shape index (κ3) is 9.68. The zero-order chi connectivity index (χ0) is 28.5. The molecule has 0 saturated carbocycles. The number of rotatable bonds is 4. The number of halogens is 6. The number of carboxylic acids is 2. The molecule has 214 valence electrons. The van der Waals surface area contributed by atoms with Crippen LogP contribution in [0.25, 0.3) is 0 Å². The second kappa shape index (κ2) is 13.7. The highest BCUT2D eigenvalue weighted by Gasteiger charge is 2.42. The van der Waals surface area contributed by atoms with Crippen LogP contribution in [-0.2, 0) is 14.3 Å². The molecular weight excluding hydrogens is 532 g/mol. The second-order valence-corrected chi connectivity index (χ2v) is 8.51. The summed E-state index contributed by atoms with van der Waals surface area (Å²) in [5.41, 5.74) is 0.604. The molecule has 0 aromatic carbocycles. The Balaban J connectivity index is 0.000000301. The van der Waals surface area contributed by atoms with Crippen LogP contribution in [0, 0.1) is 0 Å². The Hall–Kier alpha value is -3.05. The molecule has 1 aromatic heterocycles. The Labute approximate surface area is 212 Å². The molecule has 0 spiro atoms. The molecule has 3 aliphatic rings. The fraction of sp³-hybridized carbons (Fsp3) is 0.667. The zero-order valence-corrected chi connectivity index (χ0v) is 20.0. The molecule has 1 amide bonds. The van der Waals surface area contributed by atoms with Gasteiger partial charge in [-0.05, 0) is 32.0 Å². The van der Waals surface area contributed by atoms with Gasteiger partial charge in [-0.25, -0.2) is 9.59 Å². The molecule has 38 heavy (non-hydrogen) atoms. The van der Waals surface area contributed by atoms with E-state index in [0.717, 1.165) is 32.8 Å². The quantitative estimate of drug-likeness (QED) is 0.521. The summed E-state index contributed by atoms with van der Waals surface area (Å²) in [6, 6.07) is 2.05. The number of morpholine rings is 1. The molecule has 11 nitrogen and oxygen atoms in total. The Morgan fingerprint density at radius 2 is 1.50 bits per heavy atom. The number of carbonyl (C=O) groups is 3. The standard InChI is InChI=1S/C17H25N5O2.2C2HF3O2/c23-17(14-3-4-18-19-11-14)22-12-15-16(13-22)24-10-9-21(15)8-7-20-5-1-2-6-20;2*3-2(4,5)1(6)7/h3-4,11,15-16H,1-2,5-10,12-13H2;2*(H,6,7)/t15-,16+;;/m1../s1. The minimum Gasteiger partial charge on any atom is -0.475 e. The van der Waals surface area contributed by atoms with E-state index in [4.69, 9.17) is 24.5 Å². The van der Waals surface area contributed by atoms with Crippen LogP contribution in [0.5, 0.6) is 0 Å². The lowest BCUT2D eigenvalue weighted by atomic mass is 10.1. The van der Waals surface area contributed by atoms with Crippen molar-refractivity contribution in [1.29, 1.82) is 0 Å². The Bertz CT molecular complexity index is 905. The van der Waals surface area contributed by atoms with Crippen LogP contribution in [0.15, 0.2) is 18.5 Å². The first-order valence-electron chi connectivity index (χ1n) is 11.4. The Morgan fingerprint density at radius 1 is 0.921 bits per heavy atom. The minimum atomic E-state index is -5.08. The van der Waals surface area contributed by atoms with Crippen LogP contribution < -0.4 is 0 Å². The van der Waals surface area contributed by atoms with Gasteiger partial charge in [0.05, 0.1) is 36.7 Å². The van der Waals surface area contributed by atoms with Crippen molar-refractivity contribution in [3.8, 4) is 0 Å². The number of nitrogens with zero attached hydrogens (tertiary/aromatic N) is 5. The Morgan fingerprint density at radius 3 is 2.00 bits per heavy atom. The summed E-state index contributed by atoms with van der Waals surface area (Å²) < 4.78 is 69.4. The summed E-state index contributed by atoms with van der Waals surface area (Å²) in [7, 11) is 0. The van der Waals surface area contributed by atoms with Gasteiger partial charge in [-0.15, -0.1) is 0 Å². The van der Waals surface area contributed by atoms with E-state index in [2.05, 4.69) is 20.0 Å². The summed E-state index contributed by atoms with van der Waals surface area (Å²) in [4.78, 5) is 37.4. The van der Waals surface area contributed by atoms with Crippen LogP contribution >= 0.6 is 0 Å². The van der Waals surface area contributed by atoms with Crippen molar-refractivity contribution in [3.63, 3.8) is 0 Å². The van der Waals surface area contributed by atoms with Crippen molar-refractivity contribution < 1.29 is 55.7 Å². The van der Waals surface area contributed by atoms with E-state index in [1.807, 2.05) is 4.90 Å². The first kappa shape index (κ1) is 31.2. The second-order valence-electron chi connectivity index (χ2n) is 8.51. The average molecular weight is 559 g/mol. The number of aromatic nitrogens is 2. The van der Waals surface area contributed by atoms with E-state index >= 15 is 0 Å². The van der Waals surface area contributed by atoms with Crippen molar-refractivity contribution in [2.45, 2.75) is 37.3 Å². The van der Waals surface area contributed by atoms with Gasteiger partial charge < -0.3 is 24.7 Å². The lowest BCUT2D eigenvalue weighted by molar-refractivity contribution is -0.193. The molecule has 2 atom stereocenters. The molecule has 1 aromatic rings. The number of aliphatic carboxylic acids is 2. The van der Waals surface area contributed by atoms with E-state index in [1.54, 1.807) is 12.3 Å². The normalized spacial score (nSPS) is 22.0. The summed E-state index contributed by atoms with van der Waals surface area (Å²) in [5, 5.41) is 21.8. The predicted molar refractivity (Wildman–Crippen MR) is 116 cm³/mol. The van der Waals surface area contributed by atoms with E-state index in [9.17, 15) is 31.1 Å². The van der Waals surface area contributed by atoms with Crippen LogP contribution in [-0.4, -0.2) is 130 Å². The molecule has 3 saturated heterocycles. The number of hydrogen-bond acceptors (Lipinski definition) is 8. The van der Waals surface area contributed by atoms with Gasteiger partial charge in [0.25, 0.3) is 5.91 Å². The first-order chi connectivity index (χ1) is 17.7. The number of likely N-dealkylation sites (tertiary alicyclic amines) is 2. The maximum Gasteiger partial charge on any atom is 0.490 e. The number of carboxylic acid groups (broad SMARTS) is 2. The predicted octanol–water partition coefficient (Wildman–Crippen LogP) is 1.36. The molecule has 17 heteroatoms. The average Bonchev–Trinajstić information content (AvgIpc) is 3.52. The van der Waals surface area contributed by atoms with Gasteiger partial charge in [0.1, 0.15) is 0 Å². The van der Waals surface area contributed by atoms with Gasteiger partial charge in [-0.3, -0.25) is 9.69 Å². The van der Waals surface area contributed by atoms with E-state index < -0.39 is 24.3 Å². The maximum atomic E-state index is 12.6. The van der Waals surface area contributed by atoms with Gasteiger partial charge in [-0.2, -0.15) is 36.5 Å². The highest BCUT2D eigenvalue weighted by Crippen LogP contribution is 2.24. The number of hydrogen-bond donors (Lipinski definition) is 2. The van der Waals surface area contributed by atoms with Crippen LogP contribution in [0.2, 0.25) is 0 Å². The van der Waals surface area contributed by atoms with Crippen molar-refractivity contribution in [3.05, 3.63) is 24.0 Å². The molecule has 0 unspecified atom stereocenters. The van der Waals surface area contributed by atoms with Crippen LogP contribution in [0.1, 0.15) is 23.2 Å². The van der Waals surface area contributed by atoms with Crippen molar-refractivity contribution in [2.75, 3.05) is 52.4 Å². The van der Waals surface area contributed by atoms with Gasteiger partial charge in [0.2, 0.25) is 0 Å².